The van der Waals surface area contributed by atoms with Gasteiger partial charge in [0.1, 0.15) is 0 Å². The van der Waals surface area contributed by atoms with Gasteiger partial charge in [-0.1, -0.05) is 18.0 Å². The van der Waals surface area contributed by atoms with Gasteiger partial charge in [-0.3, -0.25) is 9.69 Å². The van der Waals surface area contributed by atoms with Gasteiger partial charge < -0.3 is 5.32 Å². The largest absolute Gasteiger partial charge is 0.352 e. The van der Waals surface area contributed by atoms with E-state index in [-0.39, 0.29) is 22.9 Å². The molecule has 1 saturated heterocycles. The fraction of sp³-hybridized carbons (Fsp3) is 0.682. The quantitative estimate of drug-likeness (QED) is 0.665. The predicted octanol–water partition coefficient (Wildman–Crippen LogP) is 3.02. The molecule has 2 saturated carbocycles. The van der Waals surface area contributed by atoms with Gasteiger partial charge >= 0.3 is 0 Å². The molecular formula is C22H32ClN3O3S. The topological polar surface area (TPSA) is 78.5 Å². The van der Waals surface area contributed by atoms with Crippen LogP contribution in [-0.2, 0) is 14.8 Å². The third-order valence-electron chi connectivity index (χ3n) is 7.22. The van der Waals surface area contributed by atoms with E-state index in [2.05, 4.69) is 21.9 Å². The fourth-order valence-corrected chi connectivity index (χ4v) is 7.06. The highest BCUT2D eigenvalue weighted by Gasteiger charge is 2.42. The number of hydrogen-bond donors (Lipinski definition) is 2. The molecule has 0 aromatic heterocycles. The number of nitrogens with zero attached hydrogens (tertiary/aromatic N) is 1. The standard InChI is InChI=1S/C22H32ClN3O3S/c1-15(21-13-16-2-3-17(21)12-16)24-22(27)14-26-10-8-19(9-11-26)25-30(28,29)20-6-4-18(23)5-7-20/h4-7,15-17,19,21,25H,2-3,8-14H2,1H3,(H,24,27)/t15-,16+,17+,21-/m1/s1. The van der Waals surface area contributed by atoms with Gasteiger partial charge in [-0.15, -0.1) is 0 Å². The number of carbonyl (C=O) groups excluding carboxylic acids is 1. The van der Waals surface area contributed by atoms with E-state index in [4.69, 9.17) is 11.6 Å². The molecule has 0 spiro atoms. The number of amides is 1. The average molecular weight is 454 g/mol. The van der Waals surface area contributed by atoms with Crippen LogP contribution < -0.4 is 10.0 Å². The van der Waals surface area contributed by atoms with Gasteiger partial charge in [-0.2, -0.15) is 0 Å². The Bertz CT molecular complexity index is 853. The lowest BCUT2D eigenvalue weighted by molar-refractivity contribution is -0.123. The first-order valence-electron chi connectivity index (χ1n) is 11.1. The van der Waals surface area contributed by atoms with Crippen LogP contribution in [0.15, 0.2) is 29.2 Å². The predicted molar refractivity (Wildman–Crippen MR) is 118 cm³/mol. The smallest absolute Gasteiger partial charge is 0.240 e. The van der Waals surface area contributed by atoms with Gasteiger partial charge in [0.05, 0.1) is 11.4 Å². The molecule has 0 unspecified atom stereocenters. The third-order valence-corrected chi connectivity index (χ3v) is 9.01. The zero-order valence-electron chi connectivity index (χ0n) is 17.5. The van der Waals surface area contributed by atoms with Gasteiger partial charge in [0.2, 0.25) is 15.9 Å². The Morgan fingerprint density at radius 1 is 1.13 bits per heavy atom. The summed E-state index contributed by atoms with van der Waals surface area (Å²) in [5, 5.41) is 3.74. The van der Waals surface area contributed by atoms with Crippen molar-refractivity contribution in [3.8, 4) is 0 Å². The number of fused-ring (bicyclic) bond motifs is 2. The maximum atomic E-state index is 12.5. The number of nitrogens with one attached hydrogen (secondary N) is 2. The first-order valence-corrected chi connectivity index (χ1v) is 13.0. The molecule has 0 radical (unpaired) electrons. The number of benzene rings is 1. The lowest BCUT2D eigenvalue weighted by Crippen LogP contribution is -2.49. The highest BCUT2D eigenvalue weighted by molar-refractivity contribution is 7.89. The SMILES string of the molecule is C[C@@H](NC(=O)CN1CCC(NS(=O)(=O)c2ccc(Cl)cc2)CC1)[C@H]1C[C@H]2CC[C@H]1C2. The van der Waals surface area contributed by atoms with Crippen molar-refractivity contribution in [2.75, 3.05) is 19.6 Å². The average Bonchev–Trinajstić information content (AvgIpc) is 3.33. The summed E-state index contributed by atoms with van der Waals surface area (Å²) in [7, 11) is -3.55. The van der Waals surface area contributed by atoms with E-state index >= 15 is 0 Å². The van der Waals surface area contributed by atoms with E-state index < -0.39 is 10.0 Å². The van der Waals surface area contributed by atoms with Gasteiger partial charge in [-0.05, 0) is 81.0 Å². The van der Waals surface area contributed by atoms with E-state index in [9.17, 15) is 13.2 Å². The molecule has 2 aliphatic carbocycles. The van der Waals surface area contributed by atoms with Crippen molar-refractivity contribution >= 4 is 27.5 Å². The zero-order valence-corrected chi connectivity index (χ0v) is 19.1. The summed E-state index contributed by atoms with van der Waals surface area (Å²) < 4.78 is 27.9. The second-order valence-electron chi connectivity index (χ2n) is 9.32. The molecule has 1 aromatic rings. The van der Waals surface area contributed by atoms with E-state index in [0.717, 1.165) is 11.8 Å². The molecule has 2 bridgehead atoms. The second-order valence-corrected chi connectivity index (χ2v) is 11.5. The van der Waals surface area contributed by atoms with Crippen molar-refractivity contribution in [2.45, 2.75) is 62.4 Å². The molecule has 8 heteroatoms. The first-order chi connectivity index (χ1) is 14.3. The Balaban J connectivity index is 1.20. The lowest BCUT2D eigenvalue weighted by Gasteiger charge is -2.33. The molecule has 30 heavy (non-hydrogen) atoms. The number of piperidine rings is 1. The summed E-state index contributed by atoms with van der Waals surface area (Å²) in [5.41, 5.74) is 0. The van der Waals surface area contributed by atoms with E-state index in [0.29, 0.717) is 43.4 Å². The fourth-order valence-electron chi connectivity index (χ4n) is 5.63. The second kappa shape index (κ2) is 9.15. The Morgan fingerprint density at radius 3 is 2.43 bits per heavy atom. The van der Waals surface area contributed by atoms with Crippen LogP contribution in [0.1, 0.15) is 45.4 Å². The number of sulfonamides is 1. The summed E-state index contributed by atoms with van der Waals surface area (Å²) in [6.07, 6.45) is 6.72. The normalized spacial score (nSPS) is 28.5. The molecular weight excluding hydrogens is 422 g/mol. The van der Waals surface area contributed by atoms with Gasteiger partial charge in [0.15, 0.2) is 0 Å². The van der Waals surface area contributed by atoms with Gasteiger partial charge in [0.25, 0.3) is 0 Å². The molecule has 166 valence electrons. The molecule has 4 rings (SSSR count). The van der Waals surface area contributed by atoms with Crippen molar-refractivity contribution in [3.63, 3.8) is 0 Å². The van der Waals surface area contributed by atoms with E-state index in [1.807, 2.05) is 0 Å². The lowest BCUT2D eigenvalue weighted by atomic mass is 9.84. The summed E-state index contributed by atoms with van der Waals surface area (Å²) in [6.45, 7) is 3.97. The molecule has 1 heterocycles. The molecule has 1 aliphatic heterocycles. The number of carbonyl (C=O) groups is 1. The van der Waals surface area contributed by atoms with Crippen LogP contribution in [0.4, 0.5) is 0 Å². The number of halogens is 1. The van der Waals surface area contributed by atoms with Crippen LogP contribution in [-0.4, -0.2) is 50.9 Å². The number of likely N-dealkylation sites (tertiary alicyclic amines) is 1. The van der Waals surface area contributed by atoms with Crippen molar-refractivity contribution in [1.82, 2.24) is 14.9 Å². The molecule has 3 fully saturated rings. The molecule has 2 N–H and O–H groups in total. The Morgan fingerprint density at radius 2 is 1.83 bits per heavy atom. The Hall–Kier alpha value is -1.15. The maximum absolute atomic E-state index is 12.5. The first kappa shape index (κ1) is 22.1. The molecule has 4 atom stereocenters. The van der Waals surface area contributed by atoms with Gasteiger partial charge in [0, 0.05) is 30.2 Å². The summed E-state index contributed by atoms with van der Waals surface area (Å²) in [6, 6.07) is 6.32. The minimum Gasteiger partial charge on any atom is -0.352 e. The molecule has 3 aliphatic rings. The van der Waals surface area contributed by atoms with Crippen molar-refractivity contribution < 1.29 is 13.2 Å². The van der Waals surface area contributed by atoms with E-state index in [1.54, 1.807) is 12.1 Å². The zero-order chi connectivity index (χ0) is 21.3. The van der Waals surface area contributed by atoms with Crippen molar-refractivity contribution in [3.05, 3.63) is 29.3 Å². The summed E-state index contributed by atoms with van der Waals surface area (Å²) in [5.74, 6) is 2.41. The molecule has 1 aromatic carbocycles. The van der Waals surface area contributed by atoms with Crippen LogP contribution in [0, 0.1) is 17.8 Å². The maximum Gasteiger partial charge on any atom is 0.240 e. The highest BCUT2D eigenvalue weighted by atomic mass is 35.5. The highest BCUT2D eigenvalue weighted by Crippen LogP contribution is 2.49. The van der Waals surface area contributed by atoms with Crippen LogP contribution in [0.5, 0.6) is 0 Å². The molecule has 6 nitrogen and oxygen atoms in total. The molecule has 1 amide bonds. The van der Waals surface area contributed by atoms with Crippen LogP contribution >= 0.6 is 11.6 Å². The number of rotatable bonds is 7. The minimum absolute atomic E-state index is 0.0884. The Kier molecular flexibility index (Phi) is 6.73. The van der Waals surface area contributed by atoms with Gasteiger partial charge in [-0.25, -0.2) is 13.1 Å². The Labute approximate surface area is 184 Å². The van der Waals surface area contributed by atoms with E-state index in [1.165, 1.54) is 37.8 Å². The third kappa shape index (κ3) is 5.18. The van der Waals surface area contributed by atoms with Crippen molar-refractivity contribution in [1.29, 1.82) is 0 Å². The summed E-state index contributed by atoms with van der Waals surface area (Å²) >= 11 is 5.84. The number of hydrogen-bond acceptors (Lipinski definition) is 4. The van der Waals surface area contributed by atoms with Crippen LogP contribution in [0.2, 0.25) is 5.02 Å². The minimum atomic E-state index is -3.55. The monoisotopic (exact) mass is 453 g/mol. The van der Waals surface area contributed by atoms with Crippen LogP contribution in [0.3, 0.4) is 0 Å². The van der Waals surface area contributed by atoms with Crippen LogP contribution in [0.25, 0.3) is 0 Å². The van der Waals surface area contributed by atoms with Crippen molar-refractivity contribution in [2.24, 2.45) is 17.8 Å². The summed E-state index contributed by atoms with van der Waals surface area (Å²) in [4.78, 5) is 14.9.